The van der Waals surface area contributed by atoms with Crippen molar-refractivity contribution in [3.05, 3.63) is 46.8 Å². The number of aryl methyl sites for hydroxylation is 3. The topological polar surface area (TPSA) is 33.5 Å². The molecule has 1 spiro atoms. The van der Waals surface area contributed by atoms with E-state index in [-0.39, 0.29) is 5.60 Å². The second-order valence-corrected chi connectivity index (χ2v) is 8.44. The van der Waals surface area contributed by atoms with E-state index in [1.54, 1.807) is 0 Å². The van der Waals surface area contributed by atoms with Gasteiger partial charge in [-0.15, -0.1) is 0 Å². The molecule has 3 heterocycles. The van der Waals surface area contributed by atoms with Crippen LogP contribution in [0.5, 0.6) is 5.75 Å². The molecule has 0 N–H and O–H groups in total. The van der Waals surface area contributed by atoms with Gasteiger partial charge >= 0.3 is 0 Å². The number of ether oxygens (including phenoxy) is 1. The Morgan fingerprint density at radius 3 is 2.67 bits per heavy atom. The third kappa shape index (κ3) is 3.90. The van der Waals surface area contributed by atoms with Crippen LogP contribution in [0.4, 0.5) is 0 Å². The first-order chi connectivity index (χ1) is 13.0. The summed E-state index contributed by atoms with van der Waals surface area (Å²) in [6.07, 6.45) is 4.38. The van der Waals surface area contributed by atoms with E-state index in [1.165, 1.54) is 16.7 Å². The Morgan fingerprint density at radius 1 is 1.19 bits per heavy atom. The van der Waals surface area contributed by atoms with Crippen LogP contribution in [0, 0.1) is 13.8 Å². The minimum Gasteiger partial charge on any atom is -0.486 e. The van der Waals surface area contributed by atoms with Crippen LogP contribution in [0.2, 0.25) is 0 Å². The van der Waals surface area contributed by atoms with E-state index in [0.717, 1.165) is 63.6 Å². The van der Waals surface area contributed by atoms with Gasteiger partial charge < -0.3 is 9.64 Å². The molecule has 2 aliphatic rings. The first-order valence-electron chi connectivity index (χ1n) is 10.2. The molecule has 2 aliphatic heterocycles. The van der Waals surface area contributed by atoms with E-state index in [1.807, 2.05) is 4.68 Å². The standard InChI is InChI=1S/C22H32N4O/c1-5-26-15-20(18(3)23-26)14-25-13-19-12-17(2)6-7-21(19)27-22(16-25)8-10-24(4)11-9-22/h6-7,12,15H,5,8-11,13-14,16H2,1-4H3. The van der Waals surface area contributed by atoms with Gasteiger partial charge in [-0.05, 0) is 33.9 Å². The number of nitrogens with zero attached hydrogens (tertiary/aromatic N) is 4. The molecule has 1 saturated heterocycles. The van der Waals surface area contributed by atoms with Gasteiger partial charge in [0.15, 0.2) is 0 Å². The lowest BCUT2D eigenvalue weighted by Crippen LogP contribution is -2.52. The van der Waals surface area contributed by atoms with Gasteiger partial charge in [-0.3, -0.25) is 9.58 Å². The number of likely N-dealkylation sites (tertiary alicyclic amines) is 1. The fourth-order valence-corrected chi connectivity index (χ4v) is 4.42. The summed E-state index contributed by atoms with van der Waals surface area (Å²) in [4.78, 5) is 4.98. The zero-order chi connectivity index (χ0) is 19.0. The SMILES string of the molecule is CCn1cc(CN2Cc3cc(C)ccc3OC3(CCN(C)CC3)C2)c(C)n1. The molecular formula is C22H32N4O. The highest BCUT2D eigenvalue weighted by Crippen LogP contribution is 2.36. The zero-order valence-corrected chi connectivity index (χ0v) is 17.2. The van der Waals surface area contributed by atoms with Crippen LogP contribution < -0.4 is 4.74 Å². The normalized spacial score (nSPS) is 20.3. The van der Waals surface area contributed by atoms with Gasteiger partial charge in [-0.2, -0.15) is 5.10 Å². The molecule has 2 aromatic rings. The smallest absolute Gasteiger partial charge is 0.124 e. The zero-order valence-electron chi connectivity index (χ0n) is 17.2. The fraction of sp³-hybridized carbons (Fsp3) is 0.591. The number of hydrogen-bond donors (Lipinski definition) is 0. The second kappa shape index (κ2) is 7.28. The summed E-state index contributed by atoms with van der Waals surface area (Å²) in [6, 6.07) is 6.64. The number of benzene rings is 1. The van der Waals surface area contributed by atoms with Gasteiger partial charge in [0, 0.05) is 69.4 Å². The van der Waals surface area contributed by atoms with E-state index in [4.69, 9.17) is 4.74 Å². The summed E-state index contributed by atoms with van der Waals surface area (Å²) in [7, 11) is 2.21. The van der Waals surface area contributed by atoms with Gasteiger partial charge in [0.1, 0.15) is 11.4 Å². The predicted molar refractivity (Wildman–Crippen MR) is 108 cm³/mol. The third-order valence-electron chi connectivity index (χ3n) is 6.11. The molecule has 5 heteroatoms. The summed E-state index contributed by atoms with van der Waals surface area (Å²) in [6.45, 7) is 12.4. The van der Waals surface area contributed by atoms with E-state index in [0.29, 0.717) is 0 Å². The first kappa shape index (κ1) is 18.5. The lowest BCUT2D eigenvalue weighted by Gasteiger charge is -2.42. The predicted octanol–water partition coefficient (Wildman–Crippen LogP) is 3.38. The number of aromatic nitrogens is 2. The van der Waals surface area contributed by atoms with Gasteiger partial charge in [-0.1, -0.05) is 17.7 Å². The fourth-order valence-electron chi connectivity index (χ4n) is 4.42. The lowest BCUT2D eigenvalue weighted by atomic mass is 9.90. The van der Waals surface area contributed by atoms with Crippen molar-refractivity contribution in [3.63, 3.8) is 0 Å². The molecular weight excluding hydrogens is 336 g/mol. The first-order valence-corrected chi connectivity index (χ1v) is 10.2. The van der Waals surface area contributed by atoms with Crippen molar-refractivity contribution < 1.29 is 4.74 Å². The van der Waals surface area contributed by atoms with E-state index in [9.17, 15) is 0 Å². The van der Waals surface area contributed by atoms with Crippen LogP contribution in [0.15, 0.2) is 24.4 Å². The van der Waals surface area contributed by atoms with E-state index >= 15 is 0 Å². The Balaban J connectivity index is 1.64. The minimum atomic E-state index is -0.0817. The summed E-state index contributed by atoms with van der Waals surface area (Å²) in [5.41, 5.74) is 5.00. The molecule has 0 aliphatic carbocycles. The maximum Gasteiger partial charge on any atom is 0.124 e. The Morgan fingerprint density at radius 2 is 1.96 bits per heavy atom. The number of piperidine rings is 1. The Kier molecular flexibility index (Phi) is 4.99. The second-order valence-electron chi connectivity index (χ2n) is 8.44. The van der Waals surface area contributed by atoms with Crippen LogP contribution in [-0.4, -0.2) is 51.9 Å². The summed E-state index contributed by atoms with van der Waals surface area (Å²) in [5.74, 6) is 1.08. The Labute approximate surface area is 162 Å². The highest BCUT2D eigenvalue weighted by atomic mass is 16.5. The number of rotatable bonds is 3. The lowest BCUT2D eigenvalue weighted by molar-refractivity contribution is -0.0146. The maximum absolute atomic E-state index is 6.72. The van der Waals surface area contributed by atoms with Crippen LogP contribution in [0.25, 0.3) is 0 Å². The third-order valence-corrected chi connectivity index (χ3v) is 6.11. The summed E-state index contributed by atoms with van der Waals surface area (Å²) in [5, 5.41) is 4.64. The monoisotopic (exact) mass is 368 g/mol. The van der Waals surface area contributed by atoms with E-state index < -0.39 is 0 Å². The average Bonchev–Trinajstić information content (AvgIpc) is 2.91. The minimum absolute atomic E-state index is 0.0817. The largest absolute Gasteiger partial charge is 0.486 e. The highest BCUT2D eigenvalue weighted by Gasteiger charge is 2.40. The van der Waals surface area contributed by atoms with Crippen molar-refractivity contribution in [3.8, 4) is 5.75 Å². The van der Waals surface area contributed by atoms with Gasteiger partial charge in [0.25, 0.3) is 0 Å². The van der Waals surface area contributed by atoms with Gasteiger partial charge in [-0.25, -0.2) is 0 Å². The summed E-state index contributed by atoms with van der Waals surface area (Å²) < 4.78 is 8.77. The molecule has 0 radical (unpaired) electrons. The van der Waals surface area contributed by atoms with Crippen molar-refractivity contribution in [2.75, 3.05) is 26.7 Å². The quantitative estimate of drug-likeness (QED) is 0.832. The molecule has 1 fully saturated rings. The van der Waals surface area contributed by atoms with Gasteiger partial charge in [0.05, 0.1) is 5.69 Å². The maximum atomic E-state index is 6.72. The van der Waals surface area contributed by atoms with Crippen LogP contribution in [-0.2, 0) is 19.6 Å². The average molecular weight is 369 g/mol. The number of hydrogen-bond acceptors (Lipinski definition) is 4. The Bertz CT molecular complexity index is 805. The number of fused-ring (bicyclic) bond motifs is 1. The molecule has 146 valence electrons. The van der Waals surface area contributed by atoms with Crippen LogP contribution in [0.1, 0.15) is 42.1 Å². The molecule has 0 atom stereocenters. The summed E-state index contributed by atoms with van der Waals surface area (Å²) >= 11 is 0. The van der Waals surface area contributed by atoms with Crippen molar-refractivity contribution in [1.29, 1.82) is 0 Å². The molecule has 5 nitrogen and oxygen atoms in total. The molecule has 4 rings (SSSR count). The molecule has 0 unspecified atom stereocenters. The van der Waals surface area contributed by atoms with Crippen molar-refractivity contribution in [2.24, 2.45) is 0 Å². The van der Waals surface area contributed by atoms with Crippen LogP contribution in [0.3, 0.4) is 0 Å². The van der Waals surface area contributed by atoms with E-state index in [2.05, 4.69) is 67.1 Å². The molecule has 1 aromatic heterocycles. The highest BCUT2D eigenvalue weighted by molar-refractivity contribution is 5.38. The molecule has 27 heavy (non-hydrogen) atoms. The molecule has 0 amide bonds. The van der Waals surface area contributed by atoms with Crippen molar-refractivity contribution in [2.45, 2.75) is 58.8 Å². The molecule has 0 saturated carbocycles. The molecule has 0 bridgehead atoms. The van der Waals surface area contributed by atoms with Crippen molar-refractivity contribution in [1.82, 2.24) is 19.6 Å². The van der Waals surface area contributed by atoms with Crippen molar-refractivity contribution >= 4 is 0 Å². The van der Waals surface area contributed by atoms with Gasteiger partial charge in [0.2, 0.25) is 0 Å². The Hall–Kier alpha value is -1.85. The van der Waals surface area contributed by atoms with Crippen LogP contribution >= 0.6 is 0 Å². The molecule has 1 aromatic carbocycles.